The van der Waals surface area contributed by atoms with Crippen molar-refractivity contribution in [2.24, 2.45) is 0 Å². The smallest absolute Gasteiger partial charge is 0.124 e. The van der Waals surface area contributed by atoms with Gasteiger partial charge in [-0.05, 0) is 30.4 Å². The number of β-amino-alcohol motifs (C(OH)–C–C–N with tert-alkyl or cyclic N) is 1. The number of aryl methyl sites for hydroxylation is 1. The number of hydrogen-bond donors (Lipinski definition) is 2. The molecular weight excluding hydrogens is 264 g/mol. The summed E-state index contributed by atoms with van der Waals surface area (Å²) >= 11 is 0. The Morgan fingerprint density at radius 3 is 2.71 bits per heavy atom. The maximum absolute atomic E-state index is 10.6. The lowest BCUT2D eigenvalue weighted by Crippen LogP contribution is -2.32. The van der Waals surface area contributed by atoms with Gasteiger partial charge in [-0.3, -0.25) is 4.90 Å². The standard InChI is InChI=1S/C16H22N4O/c1-2-13-3-5-14(6-4-13)7-9-20-10-8-16(21,12-20)15-11-17-19-18-15/h3-6,11,21H,2,7-10,12H2,1H3,(H,17,18,19)/t16-/m0/s1. The highest BCUT2D eigenvalue weighted by atomic mass is 16.3. The molecule has 0 radical (unpaired) electrons. The second kappa shape index (κ2) is 5.95. The number of benzene rings is 1. The first-order valence-corrected chi connectivity index (χ1v) is 7.58. The molecule has 1 saturated heterocycles. The van der Waals surface area contributed by atoms with Gasteiger partial charge in [0.1, 0.15) is 11.3 Å². The minimum absolute atomic E-state index is 0.632. The fourth-order valence-corrected chi connectivity index (χ4v) is 2.93. The van der Waals surface area contributed by atoms with E-state index >= 15 is 0 Å². The molecule has 2 aromatic rings. The third kappa shape index (κ3) is 3.14. The lowest BCUT2D eigenvalue weighted by atomic mass is 10.00. The average Bonchev–Trinajstić information content (AvgIpc) is 3.16. The Bertz CT molecular complexity index is 566. The van der Waals surface area contributed by atoms with E-state index in [1.54, 1.807) is 6.20 Å². The van der Waals surface area contributed by atoms with Gasteiger partial charge in [0.15, 0.2) is 0 Å². The molecule has 5 nitrogen and oxygen atoms in total. The highest BCUT2D eigenvalue weighted by molar-refractivity contribution is 5.22. The van der Waals surface area contributed by atoms with Gasteiger partial charge in [-0.1, -0.05) is 31.2 Å². The molecule has 1 atom stereocenters. The Labute approximate surface area is 125 Å². The molecule has 1 aliphatic heterocycles. The first-order chi connectivity index (χ1) is 10.2. The van der Waals surface area contributed by atoms with Gasteiger partial charge in [-0.15, -0.1) is 0 Å². The van der Waals surface area contributed by atoms with Crippen LogP contribution in [0.4, 0.5) is 0 Å². The minimum Gasteiger partial charge on any atom is -0.382 e. The summed E-state index contributed by atoms with van der Waals surface area (Å²) < 4.78 is 0. The highest BCUT2D eigenvalue weighted by Gasteiger charge is 2.39. The number of aromatic nitrogens is 3. The van der Waals surface area contributed by atoms with E-state index in [9.17, 15) is 5.11 Å². The Morgan fingerprint density at radius 1 is 1.29 bits per heavy atom. The molecule has 0 spiro atoms. The van der Waals surface area contributed by atoms with Crippen LogP contribution < -0.4 is 0 Å². The van der Waals surface area contributed by atoms with Crippen molar-refractivity contribution in [3.8, 4) is 0 Å². The van der Waals surface area contributed by atoms with Crippen LogP contribution in [0.1, 0.15) is 30.2 Å². The number of nitrogens with zero attached hydrogens (tertiary/aromatic N) is 3. The summed E-state index contributed by atoms with van der Waals surface area (Å²) in [5, 5.41) is 21.0. The summed E-state index contributed by atoms with van der Waals surface area (Å²) in [6, 6.07) is 8.81. The zero-order valence-corrected chi connectivity index (χ0v) is 12.4. The number of rotatable bonds is 5. The van der Waals surface area contributed by atoms with Crippen molar-refractivity contribution >= 4 is 0 Å². The normalized spacial score (nSPS) is 22.8. The van der Waals surface area contributed by atoms with Crippen molar-refractivity contribution in [1.29, 1.82) is 0 Å². The maximum atomic E-state index is 10.6. The van der Waals surface area contributed by atoms with Gasteiger partial charge in [-0.25, -0.2) is 0 Å². The van der Waals surface area contributed by atoms with E-state index < -0.39 is 5.60 Å². The number of hydrogen-bond acceptors (Lipinski definition) is 4. The van der Waals surface area contributed by atoms with E-state index in [1.807, 2.05) is 0 Å². The Hall–Kier alpha value is -1.72. The predicted octanol–water partition coefficient (Wildman–Crippen LogP) is 1.50. The molecule has 3 rings (SSSR count). The fourth-order valence-electron chi connectivity index (χ4n) is 2.93. The van der Waals surface area contributed by atoms with Crippen molar-refractivity contribution in [2.75, 3.05) is 19.6 Å². The summed E-state index contributed by atoms with van der Waals surface area (Å²) in [5.41, 5.74) is 2.53. The Morgan fingerprint density at radius 2 is 2.05 bits per heavy atom. The lowest BCUT2D eigenvalue weighted by Gasteiger charge is -2.21. The van der Waals surface area contributed by atoms with Crippen LogP contribution in [0.5, 0.6) is 0 Å². The molecule has 1 aliphatic rings. The van der Waals surface area contributed by atoms with Crippen LogP contribution in [-0.4, -0.2) is 45.1 Å². The molecule has 5 heteroatoms. The van der Waals surface area contributed by atoms with E-state index in [2.05, 4.69) is 51.5 Å². The van der Waals surface area contributed by atoms with Gasteiger partial charge >= 0.3 is 0 Å². The Kier molecular flexibility index (Phi) is 4.03. The Balaban J connectivity index is 1.55. The SMILES string of the molecule is CCc1ccc(CCN2CC[C@@](O)(c3cn[nH]n3)C2)cc1. The highest BCUT2D eigenvalue weighted by Crippen LogP contribution is 2.29. The topological polar surface area (TPSA) is 65.0 Å². The van der Waals surface area contributed by atoms with Crippen LogP contribution >= 0.6 is 0 Å². The third-order valence-electron chi connectivity index (χ3n) is 4.37. The van der Waals surface area contributed by atoms with Gasteiger partial charge in [0, 0.05) is 19.6 Å². The van der Waals surface area contributed by atoms with Gasteiger partial charge < -0.3 is 5.11 Å². The summed E-state index contributed by atoms with van der Waals surface area (Å²) in [4.78, 5) is 2.29. The third-order valence-corrected chi connectivity index (χ3v) is 4.37. The van der Waals surface area contributed by atoms with Crippen molar-refractivity contribution in [3.05, 3.63) is 47.3 Å². The van der Waals surface area contributed by atoms with Gasteiger partial charge in [0.25, 0.3) is 0 Å². The fraction of sp³-hybridized carbons (Fsp3) is 0.500. The summed E-state index contributed by atoms with van der Waals surface area (Å²) in [6.07, 6.45) is 4.43. The molecule has 0 amide bonds. The number of likely N-dealkylation sites (tertiary alicyclic amines) is 1. The molecular formula is C16H22N4O. The van der Waals surface area contributed by atoms with Gasteiger partial charge in [0.2, 0.25) is 0 Å². The van der Waals surface area contributed by atoms with Crippen LogP contribution in [0.15, 0.2) is 30.5 Å². The van der Waals surface area contributed by atoms with E-state index in [0.29, 0.717) is 18.7 Å². The monoisotopic (exact) mass is 286 g/mol. The van der Waals surface area contributed by atoms with Crippen molar-refractivity contribution in [2.45, 2.75) is 31.8 Å². The summed E-state index contributed by atoms with van der Waals surface area (Å²) in [6.45, 7) is 4.67. The molecule has 2 N–H and O–H groups in total. The molecule has 21 heavy (non-hydrogen) atoms. The van der Waals surface area contributed by atoms with E-state index in [0.717, 1.165) is 25.9 Å². The number of H-pyrrole nitrogens is 1. The van der Waals surface area contributed by atoms with E-state index in [4.69, 9.17) is 0 Å². The number of aliphatic hydroxyl groups is 1. The van der Waals surface area contributed by atoms with Crippen molar-refractivity contribution in [1.82, 2.24) is 20.3 Å². The lowest BCUT2D eigenvalue weighted by molar-refractivity contribution is 0.0418. The van der Waals surface area contributed by atoms with Crippen LogP contribution in [0, 0.1) is 0 Å². The minimum atomic E-state index is -0.848. The van der Waals surface area contributed by atoms with Crippen molar-refractivity contribution < 1.29 is 5.11 Å². The first-order valence-electron chi connectivity index (χ1n) is 7.58. The molecule has 2 heterocycles. The zero-order valence-electron chi connectivity index (χ0n) is 12.4. The quantitative estimate of drug-likeness (QED) is 0.874. The number of aromatic amines is 1. The van der Waals surface area contributed by atoms with E-state index in [-0.39, 0.29) is 0 Å². The second-order valence-corrected chi connectivity index (χ2v) is 5.83. The molecule has 1 aromatic carbocycles. The molecule has 112 valence electrons. The van der Waals surface area contributed by atoms with Gasteiger partial charge in [-0.2, -0.15) is 15.4 Å². The van der Waals surface area contributed by atoms with E-state index in [1.165, 1.54) is 11.1 Å². The predicted molar refractivity (Wildman–Crippen MR) is 80.9 cm³/mol. The van der Waals surface area contributed by atoms with Crippen LogP contribution in [0.25, 0.3) is 0 Å². The zero-order chi connectivity index (χ0) is 14.7. The first kappa shape index (κ1) is 14.2. The summed E-state index contributed by atoms with van der Waals surface area (Å²) in [7, 11) is 0. The molecule has 1 fully saturated rings. The molecule has 0 bridgehead atoms. The largest absolute Gasteiger partial charge is 0.382 e. The summed E-state index contributed by atoms with van der Waals surface area (Å²) in [5.74, 6) is 0. The van der Waals surface area contributed by atoms with Crippen LogP contribution in [0.2, 0.25) is 0 Å². The average molecular weight is 286 g/mol. The molecule has 0 unspecified atom stereocenters. The van der Waals surface area contributed by atoms with Gasteiger partial charge in [0.05, 0.1) is 6.20 Å². The van der Waals surface area contributed by atoms with Crippen LogP contribution in [-0.2, 0) is 18.4 Å². The van der Waals surface area contributed by atoms with Crippen molar-refractivity contribution in [3.63, 3.8) is 0 Å². The molecule has 0 saturated carbocycles. The molecule has 1 aromatic heterocycles. The second-order valence-electron chi connectivity index (χ2n) is 5.83. The maximum Gasteiger partial charge on any atom is 0.124 e. The number of nitrogens with one attached hydrogen (secondary N) is 1. The van der Waals surface area contributed by atoms with Crippen LogP contribution in [0.3, 0.4) is 0 Å². The molecule has 0 aliphatic carbocycles.